The SMILES string of the molecule is Clc1ccc(C2=NNC(c3ccccc3)C2)cc1. The fraction of sp³-hybridized carbons (Fsp3) is 0.133. The summed E-state index contributed by atoms with van der Waals surface area (Å²) in [5.41, 5.74) is 6.67. The van der Waals surface area contributed by atoms with Gasteiger partial charge in [0.25, 0.3) is 0 Å². The van der Waals surface area contributed by atoms with Crippen LogP contribution in [0, 0.1) is 0 Å². The zero-order chi connectivity index (χ0) is 12.4. The van der Waals surface area contributed by atoms with Crippen LogP contribution in [0.4, 0.5) is 0 Å². The molecular weight excluding hydrogens is 244 g/mol. The summed E-state index contributed by atoms with van der Waals surface area (Å²) >= 11 is 5.89. The summed E-state index contributed by atoms with van der Waals surface area (Å²) in [6.45, 7) is 0. The lowest BCUT2D eigenvalue weighted by molar-refractivity contribution is 0.620. The van der Waals surface area contributed by atoms with E-state index in [4.69, 9.17) is 11.6 Å². The van der Waals surface area contributed by atoms with Crippen molar-refractivity contribution in [3.05, 3.63) is 70.7 Å². The molecule has 1 N–H and O–H groups in total. The van der Waals surface area contributed by atoms with E-state index in [1.807, 2.05) is 30.3 Å². The molecule has 1 heterocycles. The van der Waals surface area contributed by atoms with Crippen LogP contribution in [-0.4, -0.2) is 5.71 Å². The van der Waals surface area contributed by atoms with Crippen LogP contribution in [-0.2, 0) is 0 Å². The van der Waals surface area contributed by atoms with E-state index in [2.05, 4.69) is 34.8 Å². The zero-order valence-corrected chi connectivity index (χ0v) is 10.6. The first-order valence-electron chi connectivity index (χ1n) is 5.96. The van der Waals surface area contributed by atoms with Crippen molar-refractivity contribution in [1.82, 2.24) is 5.43 Å². The molecule has 0 saturated carbocycles. The molecule has 2 aromatic rings. The second kappa shape index (κ2) is 4.83. The van der Waals surface area contributed by atoms with Gasteiger partial charge in [-0.05, 0) is 23.3 Å². The van der Waals surface area contributed by atoms with Gasteiger partial charge in [0, 0.05) is 11.4 Å². The van der Waals surface area contributed by atoms with Crippen molar-refractivity contribution in [3.8, 4) is 0 Å². The minimum atomic E-state index is 0.275. The van der Waals surface area contributed by atoms with Gasteiger partial charge in [0.05, 0.1) is 11.8 Å². The number of halogens is 1. The van der Waals surface area contributed by atoms with E-state index < -0.39 is 0 Å². The van der Waals surface area contributed by atoms with Gasteiger partial charge in [-0.25, -0.2) is 0 Å². The lowest BCUT2D eigenvalue weighted by atomic mass is 9.99. The maximum absolute atomic E-state index is 5.89. The van der Waals surface area contributed by atoms with Gasteiger partial charge in [0.1, 0.15) is 0 Å². The van der Waals surface area contributed by atoms with E-state index >= 15 is 0 Å². The quantitative estimate of drug-likeness (QED) is 0.869. The molecule has 1 atom stereocenters. The van der Waals surface area contributed by atoms with Gasteiger partial charge in [0.2, 0.25) is 0 Å². The summed E-state index contributed by atoms with van der Waals surface area (Å²) < 4.78 is 0. The van der Waals surface area contributed by atoms with Crippen LogP contribution < -0.4 is 5.43 Å². The van der Waals surface area contributed by atoms with Crippen molar-refractivity contribution in [2.75, 3.05) is 0 Å². The third-order valence-electron chi connectivity index (χ3n) is 3.13. The molecule has 0 saturated heterocycles. The molecule has 0 amide bonds. The molecule has 90 valence electrons. The maximum atomic E-state index is 5.89. The first-order chi connectivity index (χ1) is 8.83. The lowest BCUT2D eigenvalue weighted by Crippen LogP contribution is -2.09. The highest BCUT2D eigenvalue weighted by Gasteiger charge is 2.20. The van der Waals surface area contributed by atoms with Crippen LogP contribution in [0.2, 0.25) is 5.02 Å². The van der Waals surface area contributed by atoms with Crippen LogP contribution in [0.3, 0.4) is 0 Å². The second-order valence-electron chi connectivity index (χ2n) is 4.36. The molecule has 1 unspecified atom stereocenters. The van der Waals surface area contributed by atoms with E-state index in [0.29, 0.717) is 0 Å². The molecule has 0 radical (unpaired) electrons. The Hall–Kier alpha value is -1.80. The Labute approximate surface area is 111 Å². The van der Waals surface area contributed by atoms with Gasteiger partial charge in [-0.3, -0.25) is 0 Å². The average Bonchev–Trinajstić information content (AvgIpc) is 2.90. The van der Waals surface area contributed by atoms with Gasteiger partial charge in [0.15, 0.2) is 0 Å². The molecule has 0 bridgehead atoms. The second-order valence-corrected chi connectivity index (χ2v) is 4.80. The number of rotatable bonds is 2. The van der Waals surface area contributed by atoms with Gasteiger partial charge in [-0.2, -0.15) is 5.10 Å². The van der Waals surface area contributed by atoms with Crippen molar-refractivity contribution in [1.29, 1.82) is 0 Å². The normalized spacial score (nSPS) is 18.3. The Morgan fingerprint density at radius 1 is 1.00 bits per heavy atom. The fourth-order valence-electron chi connectivity index (χ4n) is 2.14. The smallest absolute Gasteiger partial charge is 0.0745 e. The summed E-state index contributed by atoms with van der Waals surface area (Å²) in [5.74, 6) is 0. The summed E-state index contributed by atoms with van der Waals surface area (Å²) in [6, 6.07) is 18.5. The number of hydrazone groups is 1. The van der Waals surface area contributed by atoms with Gasteiger partial charge < -0.3 is 5.43 Å². The van der Waals surface area contributed by atoms with Crippen molar-refractivity contribution in [3.63, 3.8) is 0 Å². The molecule has 0 aliphatic carbocycles. The molecule has 0 spiro atoms. The van der Waals surface area contributed by atoms with Gasteiger partial charge in [-0.15, -0.1) is 0 Å². The minimum Gasteiger partial charge on any atom is -0.302 e. The van der Waals surface area contributed by atoms with Crippen molar-refractivity contribution in [2.24, 2.45) is 5.10 Å². The summed E-state index contributed by atoms with van der Waals surface area (Å²) in [5, 5.41) is 5.17. The number of nitrogens with one attached hydrogen (secondary N) is 1. The first kappa shape index (κ1) is 11.3. The predicted octanol–water partition coefficient (Wildman–Crippen LogP) is 3.78. The highest BCUT2D eigenvalue weighted by molar-refractivity contribution is 6.30. The van der Waals surface area contributed by atoms with Crippen LogP contribution in [0.25, 0.3) is 0 Å². The number of hydrogen-bond donors (Lipinski definition) is 1. The summed E-state index contributed by atoms with van der Waals surface area (Å²) in [7, 11) is 0. The molecule has 0 fully saturated rings. The van der Waals surface area contributed by atoms with Gasteiger partial charge in [-0.1, -0.05) is 54.1 Å². The van der Waals surface area contributed by atoms with E-state index in [-0.39, 0.29) is 6.04 Å². The third kappa shape index (κ3) is 2.24. The Morgan fingerprint density at radius 2 is 1.72 bits per heavy atom. The highest BCUT2D eigenvalue weighted by atomic mass is 35.5. The fourth-order valence-corrected chi connectivity index (χ4v) is 2.27. The topological polar surface area (TPSA) is 24.4 Å². The molecule has 3 heteroatoms. The highest BCUT2D eigenvalue weighted by Crippen LogP contribution is 2.24. The van der Waals surface area contributed by atoms with Crippen LogP contribution >= 0.6 is 11.6 Å². The summed E-state index contributed by atoms with van der Waals surface area (Å²) in [4.78, 5) is 0. The molecule has 18 heavy (non-hydrogen) atoms. The molecule has 3 rings (SSSR count). The molecular formula is C15H13ClN2. The summed E-state index contributed by atoms with van der Waals surface area (Å²) in [6.07, 6.45) is 0.908. The maximum Gasteiger partial charge on any atom is 0.0745 e. The molecule has 1 aliphatic heterocycles. The Bertz CT molecular complexity index is 561. The Morgan fingerprint density at radius 3 is 2.44 bits per heavy atom. The lowest BCUT2D eigenvalue weighted by Gasteiger charge is -2.09. The van der Waals surface area contributed by atoms with Crippen LogP contribution in [0.15, 0.2) is 59.7 Å². The Kier molecular flexibility index (Phi) is 3.03. The molecule has 2 aromatic carbocycles. The number of hydrogen-bond acceptors (Lipinski definition) is 2. The Balaban J connectivity index is 1.77. The first-order valence-corrected chi connectivity index (χ1v) is 6.34. The van der Waals surface area contributed by atoms with E-state index in [9.17, 15) is 0 Å². The molecule has 0 aromatic heterocycles. The van der Waals surface area contributed by atoms with E-state index in [0.717, 1.165) is 22.7 Å². The largest absolute Gasteiger partial charge is 0.302 e. The van der Waals surface area contributed by atoms with E-state index in [1.165, 1.54) is 5.56 Å². The monoisotopic (exact) mass is 256 g/mol. The third-order valence-corrected chi connectivity index (χ3v) is 3.38. The van der Waals surface area contributed by atoms with Gasteiger partial charge >= 0.3 is 0 Å². The number of nitrogens with zero attached hydrogens (tertiary/aromatic N) is 1. The molecule has 1 aliphatic rings. The standard InChI is InChI=1S/C15H13ClN2/c16-13-8-6-12(7-9-13)15-10-14(17-18-15)11-4-2-1-3-5-11/h1-9,14,17H,10H2. The zero-order valence-electron chi connectivity index (χ0n) is 9.81. The molecule has 2 nitrogen and oxygen atoms in total. The van der Waals surface area contributed by atoms with Crippen LogP contribution in [0.1, 0.15) is 23.6 Å². The minimum absolute atomic E-state index is 0.275. The van der Waals surface area contributed by atoms with Crippen molar-refractivity contribution < 1.29 is 0 Å². The number of benzene rings is 2. The predicted molar refractivity (Wildman–Crippen MR) is 74.9 cm³/mol. The average molecular weight is 257 g/mol. The van der Waals surface area contributed by atoms with E-state index in [1.54, 1.807) is 0 Å². The van der Waals surface area contributed by atoms with Crippen molar-refractivity contribution >= 4 is 17.3 Å². The van der Waals surface area contributed by atoms with Crippen molar-refractivity contribution in [2.45, 2.75) is 12.5 Å². The van der Waals surface area contributed by atoms with Crippen LogP contribution in [0.5, 0.6) is 0 Å².